The van der Waals surface area contributed by atoms with E-state index in [2.05, 4.69) is 0 Å². The number of rotatable bonds is 8. The van der Waals surface area contributed by atoms with Crippen LogP contribution in [-0.2, 0) is 11.3 Å². The largest absolute Gasteiger partial charge is 0.493 e. The van der Waals surface area contributed by atoms with Crippen LogP contribution in [0.2, 0.25) is 0 Å². The van der Waals surface area contributed by atoms with Crippen molar-refractivity contribution in [3.05, 3.63) is 94.4 Å². The Hall–Kier alpha value is -3.80. The van der Waals surface area contributed by atoms with E-state index in [1.165, 1.54) is 10.6 Å². The Balaban J connectivity index is 2.06. The number of aromatic nitrogens is 1. The highest BCUT2D eigenvalue weighted by atomic mass is 16.5. The fourth-order valence-corrected chi connectivity index (χ4v) is 3.25. The minimum atomic E-state index is -0.279. The Morgan fingerprint density at radius 1 is 0.968 bits per heavy atom. The molecule has 6 heteroatoms. The van der Waals surface area contributed by atoms with Crippen molar-refractivity contribution in [3.8, 4) is 11.5 Å². The van der Waals surface area contributed by atoms with Gasteiger partial charge in [0, 0.05) is 25.4 Å². The average Bonchev–Trinajstić information content (AvgIpc) is 2.81. The third kappa shape index (κ3) is 5.22. The summed E-state index contributed by atoms with van der Waals surface area (Å²) in [6, 6.07) is 19.9. The van der Waals surface area contributed by atoms with Gasteiger partial charge in [-0.1, -0.05) is 42.5 Å². The summed E-state index contributed by atoms with van der Waals surface area (Å²) in [4.78, 5) is 27.8. The molecule has 0 spiro atoms. The van der Waals surface area contributed by atoms with Crippen LogP contribution in [0.4, 0.5) is 0 Å². The lowest BCUT2D eigenvalue weighted by Crippen LogP contribution is -2.34. The summed E-state index contributed by atoms with van der Waals surface area (Å²) in [5.74, 6) is 0.887. The zero-order valence-corrected chi connectivity index (χ0v) is 17.9. The third-order valence-corrected chi connectivity index (χ3v) is 4.90. The standard InChI is InChI=1S/C25H26N2O4/c1-4-26(18-19-10-6-5-7-11-19)25(29)21(27-15-9-8-12-24(27)28)16-20-13-14-22(30-2)23(17-20)31-3/h5-17H,4,18H2,1-3H3/b21-16+. The molecule has 0 aliphatic carbocycles. The van der Waals surface area contributed by atoms with Crippen LogP contribution in [0, 0.1) is 0 Å². The van der Waals surface area contributed by atoms with E-state index in [1.807, 2.05) is 43.3 Å². The lowest BCUT2D eigenvalue weighted by atomic mass is 10.1. The van der Waals surface area contributed by atoms with Gasteiger partial charge in [-0.05, 0) is 42.3 Å². The van der Waals surface area contributed by atoms with Gasteiger partial charge in [-0.2, -0.15) is 0 Å². The number of hydrogen-bond acceptors (Lipinski definition) is 4. The molecule has 1 amide bonds. The van der Waals surface area contributed by atoms with E-state index in [0.29, 0.717) is 30.2 Å². The van der Waals surface area contributed by atoms with Crippen molar-refractivity contribution < 1.29 is 14.3 Å². The smallest absolute Gasteiger partial charge is 0.271 e. The molecule has 0 saturated heterocycles. The number of nitrogens with zero attached hydrogens (tertiary/aromatic N) is 2. The summed E-state index contributed by atoms with van der Waals surface area (Å²) in [5, 5.41) is 0. The molecule has 3 aromatic rings. The number of carbonyl (C=O) groups excluding carboxylic acids is 1. The van der Waals surface area contributed by atoms with Crippen molar-refractivity contribution in [2.45, 2.75) is 13.5 Å². The highest BCUT2D eigenvalue weighted by Crippen LogP contribution is 2.29. The molecule has 0 aliphatic heterocycles. The van der Waals surface area contributed by atoms with Crippen LogP contribution in [0.15, 0.2) is 77.7 Å². The molecule has 3 rings (SSSR count). The molecule has 6 nitrogen and oxygen atoms in total. The number of amides is 1. The van der Waals surface area contributed by atoms with Crippen LogP contribution in [-0.4, -0.2) is 36.1 Å². The molecule has 1 aromatic heterocycles. The first-order valence-corrected chi connectivity index (χ1v) is 10.0. The van der Waals surface area contributed by atoms with Gasteiger partial charge in [-0.15, -0.1) is 0 Å². The first-order chi connectivity index (χ1) is 15.1. The fourth-order valence-electron chi connectivity index (χ4n) is 3.25. The summed E-state index contributed by atoms with van der Waals surface area (Å²) in [6.07, 6.45) is 3.29. The van der Waals surface area contributed by atoms with Gasteiger partial charge >= 0.3 is 0 Å². The predicted molar refractivity (Wildman–Crippen MR) is 122 cm³/mol. The molecule has 0 radical (unpaired) electrons. The van der Waals surface area contributed by atoms with Gasteiger partial charge in [0.05, 0.1) is 14.2 Å². The topological polar surface area (TPSA) is 60.8 Å². The molecular weight excluding hydrogens is 392 g/mol. The lowest BCUT2D eigenvalue weighted by molar-refractivity contribution is -0.125. The molecule has 160 valence electrons. The van der Waals surface area contributed by atoms with E-state index in [9.17, 15) is 9.59 Å². The molecule has 0 saturated carbocycles. The van der Waals surface area contributed by atoms with Crippen molar-refractivity contribution in [3.63, 3.8) is 0 Å². The highest BCUT2D eigenvalue weighted by Gasteiger charge is 2.20. The van der Waals surface area contributed by atoms with Gasteiger partial charge in [0.15, 0.2) is 11.5 Å². The number of methoxy groups -OCH3 is 2. The van der Waals surface area contributed by atoms with Crippen LogP contribution in [0.25, 0.3) is 11.8 Å². The molecule has 31 heavy (non-hydrogen) atoms. The van der Waals surface area contributed by atoms with E-state index in [1.54, 1.807) is 55.7 Å². The third-order valence-electron chi connectivity index (χ3n) is 4.90. The summed E-state index contributed by atoms with van der Waals surface area (Å²) < 4.78 is 12.0. The second-order valence-electron chi connectivity index (χ2n) is 6.86. The second-order valence-corrected chi connectivity index (χ2v) is 6.86. The first kappa shape index (κ1) is 21.9. The number of carbonyl (C=O) groups is 1. The molecule has 1 heterocycles. The predicted octanol–water partition coefficient (Wildman–Crippen LogP) is 3.91. The van der Waals surface area contributed by atoms with E-state index < -0.39 is 0 Å². The van der Waals surface area contributed by atoms with Crippen molar-refractivity contribution in [2.75, 3.05) is 20.8 Å². The zero-order chi connectivity index (χ0) is 22.2. The van der Waals surface area contributed by atoms with Crippen molar-refractivity contribution in [1.82, 2.24) is 9.47 Å². The maximum atomic E-state index is 13.6. The number of hydrogen-bond donors (Lipinski definition) is 0. The number of benzene rings is 2. The zero-order valence-electron chi connectivity index (χ0n) is 17.9. The Kier molecular flexibility index (Phi) is 7.27. The van der Waals surface area contributed by atoms with Gasteiger partial charge in [0.2, 0.25) is 0 Å². The SMILES string of the molecule is CCN(Cc1ccccc1)C(=O)/C(=C\c1ccc(OC)c(OC)c1)n1ccccc1=O. The Morgan fingerprint density at radius 3 is 2.32 bits per heavy atom. The monoisotopic (exact) mass is 418 g/mol. The van der Waals surface area contributed by atoms with E-state index in [4.69, 9.17) is 9.47 Å². The number of pyridine rings is 1. The molecule has 0 unspecified atom stereocenters. The van der Waals surface area contributed by atoms with Crippen molar-refractivity contribution in [2.24, 2.45) is 0 Å². The summed E-state index contributed by atoms with van der Waals surface area (Å²) in [7, 11) is 3.12. The molecule has 2 aromatic carbocycles. The van der Waals surface area contributed by atoms with Crippen molar-refractivity contribution in [1.29, 1.82) is 0 Å². The van der Waals surface area contributed by atoms with Gasteiger partial charge in [0.25, 0.3) is 11.5 Å². The first-order valence-electron chi connectivity index (χ1n) is 10.0. The van der Waals surface area contributed by atoms with Crippen LogP contribution >= 0.6 is 0 Å². The van der Waals surface area contributed by atoms with Gasteiger partial charge < -0.3 is 14.4 Å². The summed E-state index contributed by atoms with van der Waals surface area (Å²) in [5.41, 5.74) is 1.71. The van der Waals surface area contributed by atoms with Crippen LogP contribution in [0.5, 0.6) is 11.5 Å². The maximum absolute atomic E-state index is 13.6. The summed E-state index contributed by atoms with van der Waals surface area (Å²) >= 11 is 0. The molecular formula is C25H26N2O4. The molecule has 0 atom stereocenters. The molecule has 0 N–H and O–H groups in total. The average molecular weight is 418 g/mol. The van der Waals surface area contributed by atoms with Crippen LogP contribution < -0.4 is 15.0 Å². The second kappa shape index (κ2) is 10.3. The van der Waals surface area contributed by atoms with E-state index in [-0.39, 0.29) is 17.2 Å². The minimum Gasteiger partial charge on any atom is -0.493 e. The van der Waals surface area contributed by atoms with Gasteiger partial charge in [-0.25, -0.2) is 0 Å². The lowest BCUT2D eigenvalue weighted by Gasteiger charge is -2.23. The van der Waals surface area contributed by atoms with Gasteiger partial charge in [-0.3, -0.25) is 14.2 Å². The van der Waals surface area contributed by atoms with Crippen molar-refractivity contribution >= 4 is 17.7 Å². The Morgan fingerprint density at radius 2 is 1.68 bits per heavy atom. The normalized spacial score (nSPS) is 11.1. The Labute approximate surface area is 182 Å². The van der Waals surface area contributed by atoms with E-state index >= 15 is 0 Å². The molecule has 0 bridgehead atoms. The minimum absolute atomic E-state index is 0.241. The summed E-state index contributed by atoms with van der Waals surface area (Å²) in [6.45, 7) is 2.86. The quantitative estimate of drug-likeness (QED) is 0.521. The van der Waals surface area contributed by atoms with Gasteiger partial charge in [0.1, 0.15) is 5.70 Å². The fraction of sp³-hybridized carbons (Fsp3) is 0.200. The Bertz CT molecular complexity index is 1120. The maximum Gasteiger partial charge on any atom is 0.271 e. The van der Waals surface area contributed by atoms with Crippen LogP contribution in [0.1, 0.15) is 18.1 Å². The molecule has 0 fully saturated rings. The molecule has 0 aliphatic rings. The number of likely N-dealkylation sites (N-methyl/N-ethyl adjacent to an activating group) is 1. The highest BCUT2D eigenvalue weighted by molar-refractivity contribution is 6.18. The van der Waals surface area contributed by atoms with E-state index in [0.717, 1.165) is 5.56 Å². The van der Waals surface area contributed by atoms with Crippen LogP contribution in [0.3, 0.4) is 0 Å². The number of ether oxygens (including phenoxy) is 2.